The summed E-state index contributed by atoms with van der Waals surface area (Å²) in [5.41, 5.74) is -1.73. The molecule has 2 rings (SSSR count). The summed E-state index contributed by atoms with van der Waals surface area (Å²) >= 11 is 1.82. The van der Waals surface area contributed by atoms with Crippen LogP contribution in [0.4, 0.5) is 13.2 Å². The third-order valence-electron chi connectivity index (χ3n) is 3.24. The molecule has 13 heteroatoms. The Kier molecular flexibility index (Phi) is 6.76. The largest absolute Gasteiger partial charge is 0.505 e. The predicted octanol–water partition coefficient (Wildman–Crippen LogP) is 0.687. The van der Waals surface area contributed by atoms with Crippen LogP contribution in [-0.4, -0.2) is 73.0 Å². The number of alkyl halides is 3. The predicted molar refractivity (Wildman–Crippen MR) is 85.4 cm³/mol. The summed E-state index contributed by atoms with van der Waals surface area (Å²) in [6.07, 6.45) is -3.79. The van der Waals surface area contributed by atoms with Crippen LogP contribution in [0.15, 0.2) is 12.3 Å². The van der Waals surface area contributed by atoms with E-state index in [1.807, 2.05) is 22.6 Å². The number of amides is 1. The Hall–Kier alpha value is -2.16. The zero-order chi connectivity index (χ0) is 20.3. The van der Waals surface area contributed by atoms with E-state index in [2.05, 4.69) is 4.98 Å². The molecule has 0 radical (unpaired) electrons. The van der Waals surface area contributed by atoms with E-state index < -0.39 is 29.6 Å². The van der Waals surface area contributed by atoms with E-state index in [9.17, 15) is 33.0 Å². The van der Waals surface area contributed by atoms with Crippen molar-refractivity contribution in [3.8, 4) is 5.75 Å². The van der Waals surface area contributed by atoms with Crippen LogP contribution < -0.4 is 0 Å². The molecule has 0 aliphatic carbocycles. The highest BCUT2D eigenvalue weighted by Crippen LogP contribution is 2.25. The number of aromatic nitrogens is 1. The van der Waals surface area contributed by atoms with Crippen molar-refractivity contribution in [1.82, 2.24) is 9.88 Å². The number of likely N-dealkylation sites (tertiary alicyclic amines) is 1. The summed E-state index contributed by atoms with van der Waals surface area (Å²) in [7, 11) is 0. The van der Waals surface area contributed by atoms with Gasteiger partial charge in [0.15, 0.2) is 5.60 Å². The van der Waals surface area contributed by atoms with Gasteiger partial charge in [-0.2, -0.15) is 13.2 Å². The first-order valence-corrected chi connectivity index (χ1v) is 7.75. The van der Waals surface area contributed by atoms with Crippen LogP contribution in [0, 0.1) is 3.70 Å². The normalized spacial score (nSPS) is 19.5. The maximum atomic E-state index is 12.1. The van der Waals surface area contributed by atoms with E-state index in [4.69, 9.17) is 15.0 Å². The fraction of sp³-hybridized carbons (Fsp3) is 0.385. The Labute approximate surface area is 157 Å². The van der Waals surface area contributed by atoms with Crippen molar-refractivity contribution >= 4 is 40.4 Å². The lowest BCUT2D eigenvalue weighted by molar-refractivity contribution is -0.192. The van der Waals surface area contributed by atoms with Crippen molar-refractivity contribution in [3.63, 3.8) is 0 Å². The van der Waals surface area contributed by atoms with Gasteiger partial charge in [0.1, 0.15) is 9.45 Å². The lowest BCUT2D eigenvalue weighted by Gasteiger charge is -2.19. The van der Waals surface area contributed by atoms with Gasteiger partial charge >= 0.3 is 18.1 Å². The number of carboxylic acids is 2. The Morgan fingerprint density at radius 1 is 1.27 bits per heavy atom. The third kappa shape index (κ3) is 5.42. The zero-order valence-corrected chi connectivity index (χ0v) is 14.9. The van der Waals surface area contributed by atoms with Crippen molar-refractivity contribution in [2.45, 2.75) is 18.2 Å². The Morgan fingerprint density at radius 3 is 2.19 bits per heavy atom. The summed E-state index contributed by atoms with van der Waals surface area (Å²) in [5, 5.41) is 35.3. The van der Waals surface area contributed by atoms with Gasteiger partial charge in [0, 0.05) is 19.2 Å². The van der Waals surface area contributed by atoms with E-state index in [-0.39, 0.29) is 30.8 Å². The molecule has 0 aromatic carbocycles. The molecule has 1 aromatic rings. The Balaban J connectivity index is 0.000000412. The monoisotopic (exact) mass is 492 g/mol. The number of carbonyl (C=O) groups excluding carboxylic acids is 1. The number of rotatable bonds is 2. The molecule has 0 spiro atoms. The van der Waals surface area contributed by atoms with Gasteiger partial charge in [0.05, 0.1) is 12.1 Å². The topological polar surface area (TPSA) is 148 Å². The van der Waals surface area contributed by atoms with Gasteiger partial charge in [-0.05, 0) is 28.7 Å². The molecule has 0 bridgehead atoms. The summed E-state index contributed by atoms with van der Waals surface area (Å²) in [6, 6.07) is 1.27. The van der Waals surface area contributed by atoms with E-state index in [1.54, 1.807) is 0 Å². The molecule has 144 valence electrons. The second-order valence-electron chi connectivity index (χ2n) is 5.15. The molecular weight excluding hydrogens is 480 g/mol. The number of hydrogen-bond acceptors (Lipinski definition) is 6. The maximum absolute atomic E-state index is 12.1. The minimum atomic E-state index is -5.08. The van der Waals surface area contributed by atoms with E-state index in [1.165, 1.54) is 17.2 Å². The van der Waals surface area contributed by atoms with Crippen molar-refractivity contribution in [1.29, 1.82) is 0 Å². The van der Waals surface area contributed by atoms with Gasteiger partial charge in [-0.25, -0.2) is 14.6 Å². The first kappa shape index (κ1) is 21.9. The van der Waals surface area contributed by atoms with Crippen LogP contribution in [0.2, 0.25) is 0 Å². The van der Waals surface area contributed by atoms with E-state index >= 15 is 0 Å². The summed E-state index contributed by atoms with van der Waals surface area (Å²) in [5.74, 6) is -4.67. The highest BCUT2D eigenvalue weighted by atomic mass is 127. The number of aromatic hydroxyl groups is 1. The molecular formula is C13H12F3IN2O7. The van der Waals surface area contributed by atoms with Gasteiger partial charge in [-0.15, -0.1) is 0 Å². The quantitative estimate of drug-likeness (QED) is 0.348. The van der Waals surface area contributed by atoms with Crippen LogP contribution in [-0.2, 0) is 9.59 Å². The summed E-state index contributed by atoms with van der Waals surface area (Å²) in [4.78, 5) is 37.0. The minimum absolute atomic E-state index is 0.0160. The number of halogens is 4. The number of aliphatic hydroxyl groups is 1. The SMILES string of the molecule is O=C(O)C(F)(F)F.O=C(c1cnc(I)c(O)c1)N1CCC(O)(C(=O)O)C1. The highest BCUT2D eigenvalue weighted by Gasteiger charge is 2.44. The third-order valence-corrected chi connectivity index (χ3v) is 4.07. The molecule has 1 aliphatic rings. The number of β-amino-alcohol motifs (C(OH)–C–C–N with tert-alkyl or cyclic N) is 1. The van der Waals surface area contributed by atoms with Crippen LogP contribution in [0.5, 0.6) is 5.75 Å². The minimum Gasteiger partial charge on any atom is -0.505 e. The fourth-order valence-corrected chi connectivity index (χ4v) is 2.17. The van der Waals surface area contributed by atoms with Crippen LogP contribution in [0.3, 0.4) is 0 Å². The van der Waals surface area contributed by atoms with Crippen LogP contribution in [0.25, 0.3) is 0 Å². The van der Waals surface area contributed by atoms with Crippen molar-refractivity contribution in [3.05, 3.63) is 21.5 Å². The van der Waals surface area contributed by atoms with E-state index in [0.717, 1.165) is 0 Å². The maximum Gasteiger partial charge on any atom is 0.490 e. The second kappa shape index (κ2) is 8.03. The van der Waals surface area contributed by atoms with Crippen LogP contribution >= 0.6 is 22.6 Å². The second-order valence-corrected chi connectivity index (χ2v) is 6.17. The lowest BCUT2D eigenvalue weighted by Crippen LogP contribution is -2.42. The Morgan fingerprint density at radius 2 is 1.81 bits per heavy atom. The molecule has 26 heavy (non-hydrogen) atoms. The number of pyridine rings is 1. The molecule has 1 aliphatic heterocycles. The van der Waals surface area contributed by atoms with Gasteiger partial charge in [-0.3, -0.25) is 4.79 Å². The summed E-state index contributed by atoms with van der Waals surface area (Å²) in [6.45, 7) is -0.123. The summed E-state index contributed by atoms with van der Waals surface area (Å²) < 4.78 is 32.1. The molecule has 1 amide bonds. The number of carbonyl (C=O) groups is 3. The molecule has 1 saturated heterocycles. The molecule has 1 aromatic heterocycles. The first-order chi connectivity index (χ1) is 11.8. The number of aliphatic carboxylic acids is 2. The van der Waals surface area contributed by atoms with Gasteiger partial charge in [-0.1, -0.05) is 0 Å². The molecule has 0 saturated carbocycles. The fourth-order valence-electron chi connectivity index (χ4n) is 1.88. The van der Waals surface area contributed by atoms with Crippen molar-refractivity contribution in [2.24, 2.45) is 0 Å². The molecule has 2 heterocycles. The molecule has 1 atom stereocenters. The molecule has 9 nitrogen and oxygen atoms in total. The van der Waals surface area contributed by atoms with Crippen molar-refractivity contribution in [2.75, 3.05) is 13.1 Å². The highest BCUT2D eigenvalue weighted by molar-refractivity contribution is 14.1. The van der Waals surface area contributed by atoms with E-state index in [0.29, 0.717) is 3.70 Å². The standard InChI is InChI=1S/C11H11IN2O5.C2HF3O2/c12-8-7(15)3-6(4-13-8)9(16)14-2-1-11(19,5-14)10(17)18;3-2(4,5)1(6)7/h3-4,15,19H,1-2,5H2,(H,17,18);(H,6,7). The average Bonchev–Trinajstić information content (AvgIpc) is 2.93. The number of hydrogen-bond donors (Lipinski definition) is 4. The van der Waals surface area contributed by atoms with Gasteiger partial charge in [0.25, 0.3) is 5.91 Å². The van der Waals surface area contributed by atoms with Gasteiger partial charge < -0.3 is 25.3 Å². The molecule has 1 fully saturated rings. The van der Waals surface area contributed by atoms with Gasteiger partial charge in [0.2, 0.25) is 0 Å². The number of carboxylic acid groups (broad SMARTS) is 2. The number of nitrogens with zero attached hydrogens (tertiary/aromatic N) is 2. The van der Waals surface area contributed by atoms with Crippen LogP contribution in [0.1, 0.15) is 16.8 Å². The average molecular weight is 492 g/mol. The zero-order valence-electron chi connectivity index (χ0n) is 12.7. The lowest BCUT2D eigenvalue weighted by atomic mass is 10.0. The molecule has 1 unspecified atom stereocenters. The van der Waals surface area contributed by atoms with Crippen molar-refractivity contribution < 1.29 is 48.0 Å². The molecule has 4 N–H and O–H groups in total. The first-order valence-electron chi connectivity index (χ1n) is 6.67. The smallest absolute Gasteiger partial charge is 0.490 e. The Bertz CT molecular complexity index is 728.